The van der Waals surface area contributed by atoms with E-state index in [-0.39, 0.29) is 12.0 Å². The molecule has 0 bridgehead atoms. The molecule has 19 heavy (non-hydrogen) atoms. The highest BCUT2D eigenvalue weighted by molar-refractivity contribution is 5.80. The van der Waals surface area contributed by atoms with E-state index in [9.17, 15) is 9.59 Å². The Hall–Kier alpha value is -1.56. The first-order chi connectivity index (χ1) is 9.15. The van der Waals surface area contributed by atoms with Crippen molar-refractivity contribution in [2.45, 2.75) is 25.9 Å². The molecule has 1 aliphatic heterocycles. The second-order valence-electron chi connectivity index (χ2n) is 4.34. The minimum absolute atomic E-state index is 0.131. The summed E-state index contributed by atoms with van der Waals surface area (Å²) in [4.78, 5) is 24.4. The van der Waals surface area contributed by atoms with Crippen molar-refractivity contribution >= 4 is 12.0 Å². The second kappa shape index (κ2) is 8.53. The van der Waals surface area contributed by atoms with Crippen molar-refractivity contribution < 1.29 is 19.1 Å². The lowest BCUT2D eigenvalue weighted by molar-refractivity contribution is -0.131. The molecular formula is C13H22N2O4. The number of carbonyl (C=O) groups excluding carboxylic acids is 2. The molecule has 1 rings (SSSR count). The summed E-state index contributed by atoms with van der Waals surface area (Å²) in [6.07, 6.45) is 2.46. The van der Waals surface area contributed by atoms with Crippen LogP contribution >= 0.6 is 0 Å². The molecule has 1 aliphatic rings. The monoisotopic (exact) mass is 270 g/mol. The lowest BCUT2D eigenvalue weighted by Gasteiger charge is -2.15. The Morgan fingerprint density at radius 1 is 1.68 bits per heavy atom. The molecule has 6 nitrogen and oxygen atoms in total. The number of ether oxygens (including phenoxy) is 2. The fourth-order valence-electron chi connectivity index (χ4n) is 1.66. The van der Waals surface area contributed by atoms with Crippen molar-refractivity contribution in [3.8, 4) is 0 Å². The standard InChI is InChI=1S/C13H22N2O4/c1-3-4-9-18-11(2)12(16)14-6-5-7-15-8-10-19-13(15)17/h3,11H,1,4-10H2,2H3,(H,14,16). The Morgan fingerprint density at radius 3 is 3.11 bits per heavy atom. The highest BCUT2D eigenvalue weighted by Gasteiger charge is 2.21. The third-order valence-corrected chi connectivity index (χ3v) is 2.81. The topological polar surface area (TPSA) is 67.9 Å². The van der Waals surface area contributed by atoms with Crippen molar-refractivity contribution in [2.24, 2.45) is 0 Å². The van der Waals surface area contributed by atoms with Crippen LogP contribution in [0.2, 0.25) is 0 Å². The third-order valence-electron chi connectivity index (χ3n) is 2.81. The van der Waals surface area contributed by atoms with Gasteiger partial charge in [0, 0.05) is 13.1 Å². The van der Waals surface area contributed by atoms with E-state index in [0.717, 1.165) is 6.42 Å². The first-order valence-electron chi connectivity index (χ1n) is 6.57. The van der Waals surface area contributed by atoms with Crippen LogP contribution in [0.3, 0.4) is 0 Å². The maximum atomic E-state index is 11.6. The van der Waals surface area contributed by atoms with E-state index in [1.54, 1.807) is 17.9 Å². The molecule has 6 heteroatoms. The lowest BCUT2D eigenvalue weighted by Crippen LogP contribution is -2.36. The Balaban J connectivity index is 2.06. The first-order valence-corrected chi connectivity index (χ1v) is 6.57. The van der Waals surface area contributed by atoms with Gasteiger partial charge in [0.05, 0.1) is 13.2 Å². The van der Waals surface area contributed by atoms with Crippen LogP contribution in [0, 0.1) is 0 Å². The SMILES string of the molecule is C=CCCOC(C)C(=O)NCCCN1CCOC1=O. The average Bonchev–Trinajstić information content (AvgIpc) is 2.80. The van der Waals surface area contributed by atoms with Crippen LogP contribution < -0.4 is 5.32 Å². The highest BCUT2D eigenvalue weighted by atomic mass is 16.6. The van der Waals surface area contributed by atoms with E-state index in [1.165, 1.54) is 0 Å². The van der Waals surface area contributed by atoms with Crippen LogP contribution in [0.1, 0.15) is 19.8 Å². The molecule has 1 unspecified atom stereocenters. The van der Waals surface area contributed by atoms with Crippen LogP contribution in [0.4, 0.5) is 4.79 Å². The quantitative estimate of drug-likeness (QED) is 0.500. The van der Waals surface area contributed by atoms with Gasteiger partial charge in [-0.25, -0.2) is 4.79 Å². The summed E-state index contributed by atoms with van der Waals surface area (Å²) in [5, 5.41) is 2.78. The molecular weight excluding hydrogens is 248 g/mol. The zero-order valence-electron chi connectivity index (χ0n) is 11.4. The minimum atomic E-state index is -0.461. The number of hydrogen-bond donors (Lipinski definition) is 1. The van der Waals surface area contributed by atoms with Crippen LogP contribution in [-0.4, -0.2) is 55.9 Å². The molecule has 0 spiro atoms. The molecule has 108 valence electrons. The molecule has 2 amide bonds. The van der Waals surface area contributed by atoms with Gasteiger partial charge in [-0.05, 0) is 19.8 Å². The van der Waals surface area contributed by atoms with Gasteiger partial charge in [0.1, 0.15) is 12.7 Å². The van der Waals surface area contributed by atoms with Crippen molar-refractivity contribution in [3.63, 3.8) is 0 Å². The van der Waals surface area contributed by atoms with Gasteiger partial charge in [0.2, 0.25) is 5.91 Å². The third kappa shape index (κ3) is 5.74. The predicted octanol–water partition coefficient (Wildman–Crippen LogP) is 0.926. The zero-order valence-corrected chi connectivity index (χ0v) is 11.4. The summed E-state index contributed by atoms with van der Waals surface area (Å²) in [5.74, 6) is -0.131. The Labute approximate surface area is 113 Å². The van der Waals surface area contributed by atoms with Crippen LogP contribution in [0.25, 0.3) is 0 Å². The molecule has 0 aromatic rings. The smallest absolute Gasteiger partial charge is 0.409 e. The summed E-state index contributed by atoms with van der Waals surface area (Å²) in [6, 6.07) is 0. The summed E-state index contributed by atoms with van der Waals surface area (Å²) in [6.45, 7) is 8.02. The van der Waals surface area contributed by atoms with E-state index >= 15 is 0 Å². The molecule has 0 aromatic heterocycles. The number of hydrogen-bond acceptors (Lipinski definition) is 4. The number of nitrogens with one attached hydrogen (secondary N) is 1. The molecule has 0 aromatic carbocycles. The molecule has 0 aliphatic carbocycles. The normalized spacial score (nSPS) is 16.1. The summed E-state index contributed by atoms with van der Waals surface area (Å²) in [5.41, 5.74) is 0. The molecule has 0 saturated carbocycles. The van der Waals surface area contributed by atoms with E-state index in [2.05, 4.69) is 11.9 Å². The molecule has 0 radical (unpaired) electrons. The second-order valence-corrected chi connectivity index (χ2v) is 4.34. The van der Waals surface area contributed by atoms with Crippen LogP contribution in [-0.2, 0) is 14.3 Å². The number of carbonyl (C=O) groups is 2. The number of cyclic esters (lactones) is 1. The van der Waals surface area contributed by atoms with Gasteiger partial charge in [0.25, 0.3) is 0 Å². The molecule has 1 heterocycles. The van der Waals surface area contributed by atoms with Crippen molar-refractivity contribution in [3.05, 3.63) is 12.7 Å². The van der Waals surface area contributed by atoms with E-state index in [0.29, 0.717) is 39.3 Å². The van der Waals surface area contributed by atoms with E-state index in [1.807, 2.05) is 0 Å². The maximum absolute atomic E-state index is 11.6. The van der Waals surface area contributed by atoms with Crippen molar-refractivity contribution in [1.29, 1.82) is 0 Å². The largest absolute Gasteiger partial charge is 0.448 e. The van der Waals surface area contributed by atoms with Gasteiger partial charge in [-0.2, -0.15) is 0 Å². The molecule has 1 fully saturated rings. The minimum Gasteiger partial charge on any atom is -0.448 e. The average molecular weight is 270 g/mol. The Kier molecular flexibility index (Phi) is 6.95. The van der Waals surface area contributed by atoms with Crippen molar-refractivity contribution in [1.82, 2.24) is 10.2 Å². The fraction of sp³-hybridized carbons (Fsp3) is 0.692. The van der Waals surface area contributed by atoms with Gasteiger partial charge in [-0.1, -0.05) is 6.08 Å². The molecule has 1 saturated heterocycles. The van der Waals surface area contributed by atoms with Gasteiger partial charge in [0.15, 0.2) is 0 Å². The van der Waals surface area contributed by atoms with Crippen molar-refractivity contribution in [2.75, 3.05) is 32.8 Å². The van der Waals surface area contributed by atoms with Gasteiger partial charge >= 0.3 is 6.09 Å². The number of nitrogens with zero attached hydrogens (tertiary/aromatic N) is 1. The Morgan fingerprint density at radius 2 is 2.47 bits per heavy atom. The maximum Gasteiger partial charge on any atom is 0.409 e. The van der Waals surface area contributed by atoms with E-state index < -0.39 is 6.10 Å². The van der Waals surface area contributed by atoms with Gasteiger partial charge in [-0.3, -0.25) is 4.79 Å². The zero-order chi connectivity index (χ0) is 14.1. The number of rotatable bonds is 9. The molecule has 1 N–H and O–H groups in total. The lowest BCUT2D eigenvalue weighted by atomic mass is 10.3. The summed E-state index contributed by atoms with van der Waals surface area (Å²) in [7, 11) is 0. The van der Waals surface area contributed by atoms with Gasteiger partial charge < -0.3 is 19.7 Å². The van der Waals surface area contributed by atoms with Gasteiger partial charge in [-0.15, -0.1) is 6.58 Å². The first kappa shape index (κ1) is 15.5. The number of amides is 2. The fourth-order valence-corrected chi connectivity index (χ4v) is 1.66. The Bertz CT molecular complexity index is 320. The summed E-state index contributed by atoms with van der Waals surface area (Å²) < 4.78 is 10.1. The van der Waals surface area contributed by atoms with Crippen LogP contribution in [0.5, 0.6) is 0 Å². The molecule has 1 atom stereocenters. The highest BCUT2D eigenvalue weighted by Crippen LogP contribution is 2.03. The predicted molar refractivity (Wildman–Crippen MR) is 70.8 cm³/mol. The summed E-state index contributed by atoms with van der Waals surface area (Å²) >= 11 is 0. The van der Waals surface area contributed by atoms with Crippen LogP contribution in [0.15, 0.2) is 12.7 Å². The van der Waals surface area contributed by atoms with E-state index in [4.69, 9.17) is 9.47 Å².